The zero-order valence-electron chi connectivity index (χ0n) is 7.13. The number of hydrogen-bond donors (Lipinski definition) is 1. The maximum absolute atomic E-state index is 9.75. The Bertz CT molecular complexity index is 136. The predicted molar refractivity (Wildman–Crippen MR) is 40.5 cm³/mol. The normalized spacial score (nSPS) is 44.7. The predicted octanol–water partition coefficient (Wildman–Crippen LogP) is -0.0819. The molecular formula is C7H16N2O. The Morgan fingerprint density at radius 2 is 2.00 bits per heavy atom. The Balaban J connectivity index is 2.75. The Labute approximate surface area is 62.2 Å². The molecule has 0 aliphatic carbocycles. The lowest BCUT2D eigenvalue weighted by molar-refractivity contribution is -0.143. The summed E-state index contributed by atoms with van der Waals surface area (Å²) in [7, 11) is 3.87. The molecule has 1 rings (SSSR count). The van der Waals surface area contributed by atoms with E-state index in [9.17, 15) is 5.11 Å². The molecule has 0 bridgehead atoms. The summed E-state index contributed by atoms with van der Waals surface area (Å²) in [4.78, 5) is 3.91. The highest BCUT2D eigenvalue weighted by molar-refractivity contribution is 4.85. The van der Waals surface area contributed by atoms with E-state index in [1.165, 1.54) is 0 Å². The van der Waals surface area contributed by atoms with Gasteiger partial charge in [0.25, 0.3) is 0 Å². The van der Waals surface area contributed by atoms with Crippen LogP contribution in [0.1, 0.15) is 13.8 Å². The molecule has 1 aliphatic rings. The van der Waals surface area contributed by atoms with E-state index in [4.69, 9.17) is 0 Å². The van der Waals surface area contributed by atoms with Crippen molar-refractivity contribution in [2.75, 3.05) is 20.6 Å². The topological polar surface area (TPSA) is 26.7 Å². The molecule has 60 valence electrons. The van der Waals surface area contributed by atoms with Crippen molar-refractivity contribution in [2.45, 2.75) is 25.7 Å². The third-order valence-corrected chi connectivity index (χ3v) is 2.59. The number of aliphatic hydroxyl groups is 1. The van der Waals surface area contributed by atoms with Gasteiger partial charge >= 0.3 is 0 Å². The summed E-state index contributed by atoms with van der Waals surface area (Å²) >= 11 is 0. The molecule has 10 heavy (non-hydrogen) atoms. The van der Waals surface area contributed by atoms with Gasteiger partial charge in [-0.15, -0.1) is 0 Å². The van der Waals surface area contributed by atoms with Gasteiger partial charge in [0.2, 0.25) is 0 Å². The molecule has 1 aliphatic heterocycles. The van der Waals surface area contributed by atoms with E-state index in [1.54, 1.807) is 0 Å². The van der Waals surface area contributed by atoms with Crippen molar-refractivity contribution < 1.29 is 5.11 Å². The summed E-state index contributed by atoms with van der Waals surface area (Å²) in [6.07, 6.45) is 0. The lowest BCUT2D eigenvalue weighted by Gasteiger charge is -2.32. The van der Waals surface area contributed by atoms with Gasteiger partial charge in [-0.3, -0.25) is 9.80 Å². The zero-order valence-corrected chi connectivity index (χ0v) is 7.13. The second-order valence-corrected chi connectivity index (χ2v) is 3.31. The monoisotopic (exact) mass is 144 g/mol. The van der Waals surface area contributed by atoms with Crippen LogP contribution in [0.2, 0.25) is 0 Å². The zero-order chi connectivity index (χ0) is 7.94. The molecule has 0 amide bonds. The van der Waals surface area contributed by atoms with Crippen LogP contribution in [0.25, 0.3) is 0 Å². The fourth-order valence-electron chi connectivity index (χ4n) is 1.38. The fraction of sp³-hybridized carbons (Fsp3) is 1.00. The summed E-state index contributed by atoms with van der Waals surface area (Å²) in [6, 6.07) is 0.444. The van der Waals surface area contributed by atoms with Gasteiger partial charge in [0.05, 0.1) is 0 Å². The van der Waals surface area contributed by atoms with Crippen LogP contribution in [0.5, 0.6) is 0 Å². The van der Waals surface area contributed by atoms with Crippen LogP contribution in [0, 0.1) is 0 Å². The lowest BCUT2D eigenvalue weighted by atomic mass is 10.3. The van der Waals surface area contributed by atoms with Crippen LogP contribution in [-0.2, 0) is 0 Å². The van der Waals surface area contributed by atoms with Crippen molar-refractivity contribution in [3.05, 3.63) is 0 Å². The van der Waals surface area contributed by atoms with E-state index >= 15 is 0 Å². The molecule has 0 saturated carbocycles. The van der Waals surface area contributed by atoms with Gasteiger partial charge in [-0.25, -0.2) is 0 Å². The van der Waals surface area contributed by atoms with Crippen LogP contribution in [0.4, 0.5) is 0 Å². The quantitative estimate of drug-likeness (QED) is 0.515. The van der Waals surface area contributed by atoms with Crippen LogP contribution in [-0.4, -0.2) is 47.4 Å². The van der Waals surface area contributed by atoms with Crippen LogP contribution in [0.15, 0.2) is 0 Å². The third kappa shape index (κ3) is 0.944. The van der Waals surface area contributed by atoms with Crippen molar-refractivity contribution in [2.24, 2.45) is 0 Å². The number of hydrogen-bond acceptors (Lipinski definition) is 3. The Hall–Kier alpha value is -0.120. The highest BCUT2D eigenvalue weighted by atomic mass is 16.3. The summed E-state index contributed by atoms with van der Waals surface area (Å²) in [5.41, 5.74) is 0. The fourth-order valence-corrected chi connectivity index (χ4v) is 1.38. The average Bonchev–Trinajstić information content (AvgIpc) is 1.97. The minimum absolute atomic E-state index is 0.444. The van der Waals surface area contributed by atoms with Gasteiger partial charge in [-0.05, 0) is 27.9 Å². The summed E-state index contributed by atoms with van der Waals surface area (Å²) in [5.74, 6) is -0.751. The van der Waals surface area contributed by atoms with Crippen molar-refractivity contribution in [1.82, 2.24) is 9.80 Å². The summed E-state index contributed by atoms with van der Waals surface area (Å²) < 4.78 is 0. The molecular weight excluding hydrogens is 128 g/mol. The van der Waals surface area contributed by atoms with Crippen molar-refractivity contribution in [1.29, 1.82) is 0 Å². The molecule has 2 unspecified atom stereocenters. The molecule has 2 atom stereocenters. The van der Waals surface area contributed by atoms with Gasteiger partial charge < -0.3 is 5.11 Å². The molecule has 3 heteroatoms. The van der Waals surface area contributed by atoms with E-state index in [0.717, 1.165) is 6.54 Å². The van der Waals surface area contributed by atoms with E-state index in [0.29, 0.717) is 6.04 Å². The van der Waals surface area contributed by atoms with Crippen molar-refractivity contribution in [3.8, 4) is 0 Å². The average molecular weight is 144 g/mol. The minimum atomic E-state index is -0.751. The minimum Gasteiger partial charge on any atom is -0.363 e. The van der Waals surface area contributed by atoms with Crippen LogP contribution >= 0.6 is 0 Å². The molecule has 1 N–H and O–H groups in total. The van der Waals surface area contributed by atoms with Gasteiger partial charge in [0.1, 0.15) is 0 Å². The van der Waals surface area contributed by atoms with E-state index in [2.05, 4.69) is 6.92 Å². The second kappa shape index (κ2) is 2.19. The largest absolute Gasteiger partial charge is 0.363 e. The number of nitrogens with zero attached hydrogens (tertiary/aromatic N) is 2. The van der Waals surface area contributed by atoms with Gasteiger partial charge in [0, 0.05) is 12.6 Å². The highest BCUT2D eigenvalue weighted by Crippen LogP contribution is 2.23. The van der Waals surface area contributed by atoms with Gasteiger partial charge in [-0.2, -0.15) is 0 Å². The first-order chi connectivity index (χ1) is 4.46. The Morgan fingerprint density at radius 1 is 1.50 bits per heavy atom. The second-order valence-electron chi connectivity index (χ2n) is 3.31. The molecule has 1 fully saturated rings. The Morgan fingerprint density at radius 3 is 2.10 bits per heavy atom. The molecule has 0 aromatic heterocycles. The molecule has 0 aromatic rings. The number of rotatable bonds is 0. The van der Waals surface area contributed by atoms with E-state index < -0.39 is 5.85 Å². The molecule has 0 aromatic carbocycles. The Kier molecular flexibility index (Phi) is 1.75. The van der Waals surface area contributed by atoms with Crippen LogP contribution in [0.3, 0.4) is 0 Å². The first kappa shape index (κ1) is 7.98. The SMILES string of the molecule is CC1CN(C)C(C)(O)N1C. The van der Waals surface area contributed by atoms with Crippen molar-refractivity contribution >= 4 is 0 Å². The lowest BCUT2D eigenvalue weighted by Crippen LogP contribution is -2.48. The standard InChI is InChI=1S/C7H16N2O/c1-6-5-8(3)7(2,10)9(6)4/h6,10H,5H2,1-4H3. The number of likely N-dealkylation sites (N-methyl/N-ethyl adjacent to an activating group) is 2. The van der Waals surface area contributed by atoms with E-state index in [-0.39, 0.29) is 0 Å². The summed E-state index contributed by atoms with van der Waals surface area (Å²) in [6.45, 7) is 4.86. The van der Waals surface area contributed by atoms with Crippen molar-refractivity contribution in [3.63, 3.8) is 0 Å². The van der Waals surface area contributed by atoms with Crippen LogP contribution < -0.4 is 0 Å². The molecule has 1 saturated heterocycles. The van der Waals surface area contributed by atoms with E-state index in [1.807, 2.05) is 30.8 Å². The molecule has 1 heterocycles. The smallest absolute Gasteiger partial charge is 0.173 e. The first-order valence-electron chi connectivity index (χ1n) is 3.63. The third-order valence-electron chi connectivity index (χ3n) is 2.59. The summed E-state index contributed by atoms with van der Waals surface area (Å²) in [5, 5.41) is 9.75. The maximum atomic E-state index is 9.75. The van der Waals surface area contributed by atoms with Gasteiger partial charge in [0.15, 0.2) is 5.85 Å². The highest BCUT2D eigenvalue weighted by Gasteiger charge is 2.40. The molecule has 0 spiro atoms. The first-order valence-corrected chi connectivity index (χ1v) is 3.63. The molecule has 3 nitrogen and oxygen atoms in total. The van der Waals surface area contributed by atoms with Gasteiger partial charge in [-0.1, -0.05) is 0 Å². The molecule has 0 radical (unpaired) electrons. The maximum Gasteiger partial charge on any atom is 0.173 e.